The number of oxime groups is 1. The van der Waals surface area contributed by atoms with E-state index in [1.807, 2.05) is 32.1 Å². The van der Waals surface area contributed by atoms with Gasteiger partial charge >= 0.3 is 0 Å². The van der Waals surface area contributed by atoms with Crippen LogP contribution < -0.4 is 0 Å². The second-order valence-electron chi connectivity index (χ2n) is 4.87. The van der Waals surface area contributed by atoms with E-state index in [0.29, 0.717) is 6.61 Å². The Balaban J connectivity index is 3.06. The fourth-order valence-electron chi connectivity index (χ4n) is 1.78. The molecule has 0 atom stereocenters. The zero-order valence-corrected chi connectivity index (χ0v) is 13.4. The molecule has 0 amide bonds. The normalized spacial score (nSPS) is 12.0. The van der Waals surface area contributed by atoms with Crippen molar-refractivity contribution in [3.05, 3.63) is 28.8 Å². The van der Waals surface area contributed by atoms with Gasteiger partial charge < -0.3 is 9.74 Å². The molecule has 0 N–H and O–H groups in total. The van der Waals surface area contributed by atoms with Crippen molar-refractivity contribution in [2.75, 3.05) is 20.2 Å². The van der Waals surface area contributed by atoms with Crippen LogP contribution in [0.3, 0.4) is 0 Å². The largest absolute Gasteiger partial charge is 0.396 e. The molecule has 1 aromatic carbocycles. The molecule has 1 rings (SSSR count). The van der Waals surface area contributed by atoms with Crippen LogP contribution in [0.5, 0.6) is 0 Å². The molecule has 0 aliphatic heterocycles. The molecule has 0 spiro atoms. The van der Waals surface area contributed by atoms with E-state index in [4.69, 9.17) is 4.84 Å². The Morgan fingerprint density at radius 2 is 1.95 bits per heavy atom. The summed E-state index contributed by atoms with van der Waals surface area (Å²) in [4.78, 5) is 11.7. The summed E-state index contributed by atoms with van der Waals surface area (Å²) in [6.07, 6.45) is 1.86. The maximum absolute atomic E-state index is 5.12. The fourth-order valence-corrected chi connectivity index (χ4v) is 1.78. The molecular formula is C16H25N3O. The highest BCUT2D eigenvalue weighted by Crippen LogP contribution is 2.23. The monoisotopic (exact) mass is 275 g/mol. The summed E-state index contributed by atoms with van der Waals surface area (Å²) in [6.45, 7) is 11.7. The molecule has 0 aromatic heterocycles. The average Bonchev–Trinajstić information content (AvgIpc) is 2.44. The van der Waals surface area contributed by atoms with Crippen molar-refractivity contribution in [2.45, 2.75) is 34.6 Å². The van der Waals surface area contributed by atoms with Crippen molar-refractivity contribution in [1.82, 2.24) is 4.90 Å². The van der Waals surface area contributed by atoms with Crippen molar-refractivity contribution in [3.63, 3.8) is 0 Å². The Bertz CT molecular complexity index is 507. The van der Waals surface area contributed by atoms with E-state index in [0.717, 1.165) is 34.6 Å². The van der Waals surface area contributed by atoms with Gasteiger partial charge in [-0.1, -0.05) is 5.16 Å². The van der Waals surface area contributed by atoms with Crippen LogP contribution in [0.15, 0.2) is 22.3 Å². The van der Waals surface area contributed by atoms with Crippen LogP contribution in [-0.2, 0) is 4.84 Å². The van der Waals surface area contributed by atoms with Crippen LogP contribution >= 0.6 is 0 Å². The molecule has 0 radical (unpaired) electrons. The van der Waals surface area contributed by atoms with E-state index in [2.05, 4.69) is 43.1 Å². The lowest BCUT2D eigenvalue weighted by molar-refractivity contribution is 0.159. The van der Waals surface area contributed by atoms with Gasteiger partial charge in [0.2, 0.25) is 0 Å². The van der Waals surface area contributed by atoms with Crippen molar-refractivity contribution >= 4 is 17.7 Å². The first-order valence-corrected chi connectivity index (χ1v) is 7.02. The number of rotatable bonds is 6. The van der Waals surface area contributed by atoms with Gasteiger partial charge in [-0.05, 0) is 57.9 Å². The van der Waals surface area contributed by atoms with Crippen LogP contribution in [0.1, 0.15) is 37.5 Å². The topological polar surface area (TPSA) is 37.2 Å². The zero-order chi connectivity index (χ0) is 15.1. The molecule has 4 nitrogen and oxygen atoms in total. The van der Waals surface area contributed by atoms with Crippen LogP contribution in [0.25, 0.3) is 0 Å². The number of benzene rings is 1. The van der Waals surface area contributed by atoms with Gasteiger partial charge in [-0.3, -0.25) is 0 Å². The summed E-state index contributed by atoms with van der Waals surface area (Å²) in [5, 5.41) is 4.10. The van der Waals surface area contributed by atoms with Gasteiger partial charge in [-0.15, -0.1) is 0 Å². The molecule has 0 unspecified atom stereocenters. The minimum atomic E-state index is 0.584. The highest BCUT2D eigenvalue weighted by atomic mass is 16.6. The lowest BCUT2D eigenvalue weighted by Gasteiger charge is -2.11. The van der Waals surface area contributed by atoms with Gasteiger partial charge in [-0.25, -0.2) is 4.99 Å². The van der Waals surface area contributed by atoms with Gasteiger partial charge in [0.1, 0.15) is 6.61 Å². The molecule has 4 heteroatoms. The molecule has 0 fully saturated rings. The third-order valence-electron chi connectivity index (χ3n) is 3.16. The second-order valence-corrected chi connectivity index (χ2v) is 4.87. The first-order chi connectivity index (χ1) is 9.49. The maximum atomic E-state index is 5.12. The van der Waals surface area contributed by atoms with E-state index in [-0.39, 0.29) is 0 Å². The smallest absolute Gasteiger partial charge is 0.114 e. The van der Waals surface area contributed by atoms with Crippen LogP contribution in [0.2, 0.25) is 0 Å². The number of hydrogen-bond acceptors (Lipinski definition) is 3. The molecule has 110 valence electrons. The van der Waals surface area contributed by atoms with Crippen molar-refractivity contribution < 1.29 is 4.84 Å². The van der Waals surface area contributed by atoms with Crippen molar-refractivity contribution in [1.29, 1.82) is 0 Å². The van der Waals surface area contributed by atoms with E-state index >= 15 is 0 Å². The quantitative estimate of drug-likeness (QED) is 0.451. The Labute approximate surface area is 122 Å². The zero-order valence-electron chi connectivity index (χ0n) is 13.4. The lowest BCUT2D eigenvalue weighted by Crippen LogP contribution is -2.14. The molecular weight excluding hydrogens is 250 g/mol. The average molecular weight is 275 g/mol. The van der Waals surface area contributed by atoms with Crippen molar-refractivity contribution in [3.8, 4) is 0 Å². The van der Waals surface area contributed by atoms with Gasteiger partial charge in [-0.2, -0.15) is 0 Å². The van der Waals surface area contributed by atoms with E-state index in [1.54, 1.807) is 0 Å². The third kappa shape index (κ3) is 4.37. The van der Waals surface area contributed by atoms with Gasteiger partial charge in [0.05, 0.1) is 17.7 Å². The number of hydrogen-bond donors (Lipinski definition) is 0. The van der Waals surface area contributed by atoms with Crippen molar-refractivity contribution in [2.24, 2.45) is 10.1 Å². The van der Waals surface area contributed by atoms with Crippen LogP contribution in [-0.4, -0.2) is 37.1 Å². The number of nitrogens with zero attached hydrogens (tertiary/aromatic N) is 3. The summed E-state index contributed by atoms with van der Waals surface area (Å²) < 4.78 is 0. The van der Waals surface area contributed by atoms with E-state index in [1.165, 1.54) is 0 Å². The summed E-state index contributed by atoms with van der Waals surface area (Å²) in [6, 6.07) is 4.21. The molecule has 20 heavy (non-hydrogen) atoms. The number of aliphatic imine (C=N–C) groups is 1. The van der Waals surface area contributed by atoms with Crippen LogP contribution in [0.4, 0.5) is 5.69 Å². The first kappa shape index (κ1) is 16.2. The molecule has 0 bridgehead atoms. The third-order valence-corrected chi connectivity index (χ3v) is 3.16. The van der Waals surface area contributed by atoms with E-state index < -0.39 is 0 Å². The summed E-state index contributed by atoms with van der Waals surface area (Å²) in [5.74, 6) is 0. The Morgan fingerprint density at radius 1 is 1.25 bits per heavy atom. The molecule has 0 heterocycles. The van der Waals surface area contributed by atoms with Crippen LogP contribution in [0, 0.1) is 13.8 Å². The first-order valence-electron chi connectivity index (χ1n) is 7.02. The van der Waals surface area contributed by atoms with Gasteiger partial charge in [0, 0.05) is 19.2 Å². The molecule has 0 aliphatic rings. The predicted octanol–water partition coefficient (Wildman–Crippen LogP) is 3.68. The predicted molar refractivity (Wildman–Crippen MR) is 86.2 cm³/mol. The highest BCUT2D eigenvalue weighted by molar-refractivity contribution is 6.00. The Hall–Kier alpha value is -1.84. The Kier molecular flexibility index (Phi) is 6.22. The summed E-state index contributed by atoms with van der Waals surface area (Å²) in [7, 11) is 2.01. The molecule has 0 aliphatic carbocycles. The summed E-state index contributed by atoms with van der Waals surface area (Å²) >= 11 is 0. The van der Waals surface area contributed by atoms with E-state index in [9.17, 15) is 0 Å². The maximum Gasteiger partial charge on any atom is 0.114 e. The van der Waals surface area contributed by atoms with Gasteiger partial charge in [0.15, 0.2) is 0 Å². The fraction of sp³-hybridized carbons (Fsp3) is 0.500. The Morgan fingerprint density at radius 3 is 2.55 bits per heavy atom. The number of aryl methyl sites for hydroxylation is 2. The molecule has 1 aromatic rings. The summed E-state index contributed by atoms with van der Waals surface area (Å²) in [5.41, 5.74) is 5.29. The molecule has 0 saturated heterocycles. The second kappa shape index (κ2) is 7.68. The minimum absolute atomic E-state index is 0.584. The highest BCUT2D eigenvalue weighted by Gasteiger charge is 2.07. The molecule has 0 saturated carbocycles. The van der Waals surface area contributed by atoms with Gasteiger partial charge in [0.25, 0.3) is 0 Å². The lowest BCUT2D eigenvalue weighted by atomic mass is 10.0. The minimum Gasteiger partial charge on any atom is -0.396 e. The SMILES string of the molecule is CCON=C(C)c1cc(C)c(N=CN(C)CC)cc1C. The standard InChI is InChI=1S/C16H25N3O/c1-7-19(6)11-17-16-10-12(3)15(9-13(16)4)14(5)18-20-8-2/h9-11H,7-8H2,1-6H3.